The number of hydrogen-bond acceptors (Lipinski definition) is 4. The van der Waals surface area contributed by atoms with Crippen molar-refractivity contribution in [3.63, 3.8) is 0 Å². The topological polar surface area (TPSA) is 67.0 Å². The molecule has 2 atom stereocenters. The molecule has 0 saturated heterocycles. The first kappa shape index (κ1) is 22.2. The molecule has 1 heterocycles. The number of imidazole rings is 1. The molecule has 2 N–H and O–H groups in total. The number of carbonyl (C=O) groups is 1. The van der Waals surface area contributed by atoms with Gasteiger partial charge >= 0.3 is 12.1 Å². The van der Waals surface area contributed by atoms with Gasteiger partial charge in [0.1, 0.15) is 6.10 Å². The van der Waals surface area contributed by atoms with E-state index in [4.69, 9.17) is 4.74 Å². The summed E-state index contributed by atoms with van der Waals surface area (Å²) >= 11 is 0. The Kier molecular flexibility index (Phi) is 5.61. The Balaban J connectivity index is 1.31. The van der Waals surface area contributed by atoms with E-state index < -0.39 is 24.3 Å². The Bertz CT molecular complexity index is 1350. The molecule has 0 spiro atoms. The molecule has 0 fully saturated rings. The van der Waals surface area contributed by atoms with E-state index in [-0.39, 0.29) is 0 Å². The molecule has 0 bridgehead atoms. The maximum atomic E-state index is 12.8. The highest BCUT2D eigenvalue weighted by molar-refractivity contribution is 5.86. The van der Waals surface area contributed by atoms with Gasteiger partial charge in [-0.2, -0.15) is 13.2 Å². The number of esters is 1. The van der Waals surface area contributed by atoms with Crippen LogP contribution in [0.3, 0.4) is 0 Å². The Hall–Kier alpha value is -3.65. The summed E-state index contributed by atoms with van der Waals surface area (Å²) in [6.07, 6.45) is -3.87. The molecular weight excluding hydrogens is 443 g/mol. The van der Waals surface area contributed by atoms with Gasteiger partial charge in [-0.05, 0) is 52.8 Å². The molecule has 0 amide bonds. The lowest BCUT2D eigenvalue weighted by atomic mass is 9.98. The van der Waals surface area contributed by atoms with Crippen LogP contribution in [0.2, 0.25) is 0 Å². The van der Waals surface area contributed by atoms with Crippen LogP contribution in [0.25, 0.3) is 22.2 Å². The zero-order chi connectivity index (χ0) is 23.9. The third kappa shape index (κ3) is 4.17. The number of alkyl halides is 3. The largest absolute Gasteiger partial charge is 0.490 e. The van der Waals surface area contributed by atoms with Crippen molar-refractivity contribution < 1.29 is 22.7 Å². The average Bonchev–Trinajstić information content (AvgIpc) is 3.43. The van der Waals surface area contributed by atoms with Crippen LogP contribution in [-0.2, 0) is 22.5 Å². The maximum absolute atomic E-state index is 12.8. The van der Waals surface area contributed by atoms with E-state index in [1.165, 1.54) is 0 Å². The smallest absolute Gasteiger partial charge is 0.449 e. The Morgan fingerprint density at radius 2 is 1.88 bits per heavy atom. The summed E-state index contributed by atoms with van der Waals surface area (Å²) in [7, 11) is 0. The number of benzene rings is 3. The predicted octanol–water partition coefficient (Wildman–Crippen LogP) is 5.40. The number of H-pyrrole nitrogens is 1. The summed E-state index contributed by atoms with van der Waals surface area (Å²) in [6, 6.07) is 18.7. The number of nitrogens with one attached hydrogen (secondary N) is 2. The molecule has 2 unspecified atom stereocenters. The zero-order valence-corrected chi connectivity index (χ0v) is 18.3. The fourth-order valence-electron chi connectivity index (χ4n) is 4.58. The molecule has 4 aromatic rings. The minimum atomic E-state index is -5.03. The van der Waals surface area contributed by atoms with E-state index in [1.807, 2.05) is 49.4 Å². The van der Waals surface area contributed by atoms with Gasteiger partial charge in [0.15, 0.2) is 0 Å². The molecule has 1 aliphatic rings. The van der Waals surface area contributed by atoms with Crippen molar-refractivity contribution in [2.75, 3.05) is 0 Å². The standard InChI is InChI=1S/C26H22F3N3O2/c1-15-19(10-11-21-23(15)32-14-31-21)17-8-6-16(7-9-17)13-30-22-12-18-4-2-3-5-20(18)24(22)34-25(33)26(27,28)29/h2-11,14,22,24,30H,12-13H2,1H3,(H,31,32). The van der Waals surface area contributed by atoms with E-state index in [2.05, 4.69) is 21.4 Å². The summed E-state index contributed by atoms with van der Waals surface area (Å²) in [5.41, 5.74) is 7.60. The van der Waals surface area contributed by atoms with Crippen LogP contribution in [0.15, 0.2) is 67.0 Å². The van der Waals surface area contributed by atoms with Crippen LogP contribution in [0.4, 0.5) is 13.2 Å². The first-order chi connectivity index (χ1) is 16.3. The molecule has 3 aromatic carbocycles. The summed E-state index contributed by atoms with van der Waals surface area (Å²) < 4.78 is 43.4. The second-order valence-electron chi connectivity index (χ2n) is 8.45. The summed E-state index contributed by atoms with van der Waals surface area (Å²) in [6.45, 7) is 2.46. The Labute approximate surface area is 194 Å². The van der Waals surface area contributed by atoms with Crippen LogP contribution in [0.5, 0.6) is 0 Å². The number of rotatable bonds is 5. The third-order valence-corrected chi connectivity index (χ3v) is 6.31. The quantitative estimate of drug-likeness (QED) is 0.388. The maximum Gasteiger partial charge on any atom is 0.490 e. The van der Waals surface area contributed by atoms with Gasteiger partial charge in [0.05, 0.1) is 23.4 Å². The summed E-state index contributed by atoms with van der Waals surface area (Å²) in [4.78, 5) is 19.0. The Morgan fingerprint density at radius 3 is 2.65 bits per heavy atom. The van der Waals surface area contributed by atoms with E-state index in [9.17, 15) is 18.0 Å². The van der Waals surface area contributed by atoms with Gasteiger partial charge in [-0.3, -0.25) is 0 Å². The van der Waals surface area contributed by atoms with Crippen molar-refractivity contribution in [3.05, 3.63) is 89.2 Å². The number of fused-ring (bicyclic) bond motifs is 2. The number of aryl methyl sites for hydroxylation is 1. The molecule has 0 aliphatic heterocycles. The number of ether oxygens (including phenoxy) is 1. The lowest BCUT2D eigenvalue weighted by Gasteiger charge is -2.23. The fraction of sp³-hybridized carbons (Fsp3) is 0.231. The van der Waals surface area contributed by atoms with Crippen molar-refractivity contribution in [1.82, 2.24) is 15.3 Å². The van der Waals surface area contributed by atoms with Crippen LogP contribution >= 0.6 is 0 Å². The normalized spacial score (nSPS) is 17.6. The third-order valence-electron chi connectivity index (χ3n) is 6.31. The molecule has 5 nitrogen and oxygen atoms in total. The van der Waals surface area contributed by atoms with Crippen molar-refractivity contribution in [2.24, 2.45) is 0 Å². The molecule has 8 heteroatoms. The molecule has 1 aromatic heterocycles. The lowest BCUT2D eigenvalue weighted by Crippen LogP contribution is -2.37. The van der Waals surface area contributed by atoms with Gasteiger partial charge in [0.2, 0.25) is 0 Å². The van der Waals surface area contributed by atoms with Crippen LogP contribution < -0.4 is 5.32 Å². The second-order valence-corrected chi connectivity index (χ2v) is 8.45. The molecule has 5 rings (SSSR count). The van der Waals surface area contributed by atoms with Crippen LogP contribution in [0, 0.1) is 6.92 Å². The highest BCUT2D eigenvalue weighted by Crippen LogP contribution is 2.36. The van der Waals surface area contributed by atoms with Gasteiger partial charge in [-0.1, -0.05) is 54.6 Å². The SMILES string of the molecule is Cc1c(-c2ccc(CNC3Cc4ccccc4C3OC(=O)C(F)(F)F)cc2)ccc2[nH]cnc12. The van der Waals surface area contributed by atoms with Crippen LogP contribution in [-0.4, -0.2) is 28.2 Å². The van der Waals surface area contributed by atoms with Crippen molar-refractivity contribution in [1.29, 1.82) is 0 Å². The van der Waals surface area contributed by atoms with E-state index in [0.717, 1.165) is 38.9 Å². The van der Waals surface area contributed by atoms with Gasteiger partial charge < -0.3 is 15.0 Å². The van der Waals surface area contributed by atoms with Crippen molar-refractivity contribution in [2.45, 2.75) is 38.2 Å². The van der Waals surface area contributed by atoms with E-state index >= 15 is 0 Å². The molecule has 1 aliphatic carbocycles. The number of hydrogen-bond donors (Lipinski definition) is 2. The van der Waals surface area contributed by atoms with Gasteiger partial charge in [0.25, 0.3) is 0 Å². The first-order valence-corrected chi connectivity index (χ1v) is 10.9. The zero-order valence-electron chi connectivity index (χ0n) is 18.3. The predicted molar refractivity (Wildman–Crippen MR) is 122 cm³/mol. The number of halogens is 3. The molecule has 174 valence electrons. The molecule has 0 saturated carbocycles. The van der Waals surface area contributed by atoms with Crippen molar-refractivity contribution in [3.8, 4) is 11.1 Å². The summed E-state index contributed by atoms with van der Waals surface area (Å²) in [5.74, 6) is -2.17. The lowest BCUT2D eigenvalue weighted by molar-refractivity contribution is -0.206. The van der Waals surface area contributed by atoms with E-state index in [0.29, 0.717) is 18.5 Å². The summed E-state index contributed by atoms with van der Waals surface area (Å²) in [5, 5.41) is 3.28. The Morgan fingerprint density at radius 1 is 1.12 bits per heavy atom. The fourth-order valence-corrected chi connectivity index (χ4v) is 4.58. The van der Waals surface area contributed by atoms with Crippen LogP contribution in [0.1, 0.15) is 28.4 Å². The number of aromatic amines is 1. The number of nitrogens with zero attached hydrogens (tertiary/aromatic N) is 1. The molecular formula is C26H22F3N3O2. The highest BCUT2D eigenvalue weighted by atomic mass is 19.4. The molecule has 34 heavy (non-hydrogen) atoms. The number of carbonyl (C=O) groups excluding carboxylic acids is 1. The highest BCUT2D eigenvalue weighted by Gasteiger charge is 2.45. The van der Waals surface area contributed by atoms with Crippen molar-refractivity contribution >= 4 is 17.0 Å². The monoisotopic (exact) mass is 465 g/mol. The van der Waals surface area contributed by atoms with E-state index in [1.54, 1.807) is 18.5 Å². The van der Waals surface area contributed by atoms with Gasteiger partial charge in [-0.25, -0.2) is 9.78 Å². The average molecular weight is 465 g/mol. The number of aromatic nitrogens is 2. The first-order valence-electron chi connectivity index (χ1n) is 10.9. The minimum Gasteiger partial charge on any atom is -0.449 e. The minimum absolute atomic E-state index is 0.427. The van der Waals surface area contributed by atoms with Gasteiger partial charge in [-0.15, -0.1) is 0 Å². The second kappa shape index (κ2) is 8.61. The molecule has 0 radical (unpaired) electrons. The van der Waals surface area contributed by atoms with Gasteiger partial charge in [0, 0.05) is 6.54 Å².